The second-order valence-corrected chi connectivity index (χ2v) is 5.66. The van der Waals surface area contributed by atoms with Crippen molar-refractivity contribution in [1.82, 2.24) is 0 Å². The van der Waals surface area contributed by atoms with Crippen molar-refractivity contribution in [1.29, 1.82) is 5.41 Å². The van der Waals surface area contributed by atoms with Crippen LogP contribution in [0.15, 0.2) is 36.4 Å². The van der Waals surface area contributed by atoms with E-state index >= 15 is 0 Å². The smallest absolute Gasteiger partial charge is 0.123 e. The van der Waals surface area contributed by atoms with Gasteiger partial charge in [-0.15, -0.1) is 0 Å². The monoisotopic (exact) mass is 266 g/mol. The molecule has 0 bridgehead atoms. The van der Waals surface area contributed by atoms with Crippen molar-refractivity contribution in [3.8, 4) is 11.1 Å². The van der Waals surface area contributed by atoms with Crippen molar-refractivity contribution in [2.75, 3.05) is 0 Å². The van der Waals surface area contributed by atoms with Gasteiger partial charge in [-0.1, -0.05) is 55.8 Å². The Labute approximate surface area is 121 Å². The summed E-state index contributed by atoms with van der Waals surface area (Å²) in [5, 5.41) is 7.82. The number of aryl methyl sites for hydroxylation is 2. The van der Waals surface area contributed by atoms with E-state index in [1.165, 1.54) is 22.3 Å². The Morgan fingerprint density at radius 3 is 2.40 bits per heavy atom. The van der Waals surface area contributed by atoms with Crippen molar-refractivity contribution in [2.45, 2.75) is 33.6 Å². The fraction of sp³-hybridized carbons (Fsp3) is 0.278. The molecule has 0 aromatic heterocycles. The lowest BCUT2D eigenvalue weighted by Crippen LogP contribution is -2.13. The predicted molar refractivity (Wildman–Crippen MR) is 86.5 cm³/mol. The Morgan fingerprint density at radius 1 is 1.10 bits per heavy atom. The fourth-order valence-corrected chi connectivity index (χ4v) is 2.64. The Balaban J connectivity index is 2.80. The molecule has 0 amide bonds. The van der Waals surface area contributed by atoms with Crippen molar-refractivity contribution in [3.63, 3.8) is 0 Å². The maximum absolute atomic E-state index is 7.82. The van der Waals surface area contributed by atoms with E-state index in [1.807, 2.05) is 12.1 Å². The van der Waals surface area contributed by atoms with Crippen LogP contribution in [0, 0.1) is 19.3 Å². The molecular weight excluding hydrogens is 244 g/mol. The number of benzene rings is 2. The number of nitrogens with one attached hydrogen (secondary N) is 1. The summed E-state index contributed by atoms with van der Waals surface area (Å²) >= 11 is 0. The molecule has 2 heteroatoms. The maximum Gasteiger partial charge on any atom is 0.123 e. The third-order valence-corrected chi connectivity index (χ3v) is 3.66. The topological polar surface area (TPSA) is 49.9 Å². The molecular formula is C18H22N2. The van der Waals surface area contributed by atoms with Gasteiger partial charge in [-0.25, -0.2) is 0 Å². The average Bonchev–Trinajstić information content (AvgIpc) is 2.37. The molecule has 0 fully saturated rings. The summed E-state index contributed by atoms with van der Waals surface area (Å²) in [6.07, 6.45) is 0. The number of amidine groups is 1. The number of nitrogens with two attached hydrogens (primary N) is 1. The summed E-state index contributed by atoms with van der Waals surface area (Å²) in [4.78, 5) is 0. The summed E-state index contributed by atoms with van der Waals surface area (Å²) in [7, 11) is 0. The van der Waals surface area contributed by atoms with Gasteiger partial charge in [0.1, 0.15) is 5.84 Å². The van der Waals surface area contributed by atoms with Gasteiger partial charge >= 0.3 is 0 Å². The molecule has 0 spiro atoms. The Hall–Kier alpha value is -2.09. The van der Waals surface area contributed by atoms with Crippen molar-refractivity contribution in [2.24, 2.45) is 5.73 Å². The maximum atomic E-state index is 7.82. The van der Waals surface area contributed by atoms with Gasteiger partial charge in [-0.2, -0.15) is 0 Å². The normalized spacial score (nSPS) is 10.8. The molecule has 0 aliphatic rings. The molecule has 2 rings (SSSR count). The van der Waals surface area contributed by atoms with Gasteiger partial charge in [0.05, 0.1) is 0 Å². The predicted octanol–water partition coefficient (Wildman–Crippen LogP) is 4.38. The Kier molecular flexibility index (Phi) is 3.93. The van der Waals surface area contributed by atoms with Gasteiger partial charge in [-0.05, 0) is 42.0 Å². The summed E-state index contributed by atoms with van der Waals surface area (Å²) in [6, 6.07) is 12.5. The van der Waals surface area contributed by atoms with Crippen LogP contribution >= 0.6 is 0 Å². The van der Waals surface area contributed by atoms with Crippen LogP contribution in [0.5, 0.6) is 0 Å². The quantitative estimate of drug-likeness (QED) is 0.628. The second-order valence-electron chi connectivity index (χ2n) is 5.66. The third-order valence-electron chi connectivity index (χ3n) is 3.66. The zero-order valence-electron chi connectivity index (χ0n) is 12.6. The van der Waals surface area contributed by atoms with Crippen LogP contribution in [-0.4, -0.2) is 5.84 Å². The van der Waals surface area contributed by atoms with Crippen molar-refractivity contribution in [3.05, 3.63) is 58.7 Å². The van der Waals surface area contributed by atoms with Crippen LogP contribution in [0.4, 0.5) is 0 Å². The standard InChI is InChI=1S/C18H22N2/c1-11(2)14-7-5-6-13(4)17(14)16-10-12(3)8-9-15(16)18(19)20/h5-11H,1-4H3,(H3,19,20). The van der Waals surface area contributed by atoms with Crippen LogP contribution in [0.1, 0.15) is 42.0 Å². The van der Waals surface area contributed by atoms with E-state index in [9.17, 15) is 0 Å². The molecule has 0 aliphatic heterocycles. The highest BCUT2D eigenvalue weighted by Crippen LogP contribution is 2.34. The van der Waals surface area contributed by atoms with Gasteiger partial charge in [0.15, 0.2) is 0 Å². The molecule has 2 nitrogen and oxygen atoms in total. The van der Waals surface area contributed by atoms with Crippen LogP contribution in [-0.2, 0) is 0 Å². The number of rotatable bonds is 3. The van der Waals surface area contributed by atoms with Gasteiger partial charge in [0.25, 0.3) is 0 Å². The lowest BCUT2D eigenvalue weighted by molar-refractivity contribution is 0.867. The molecule has 20 heavy (non-hydrogen) atoms. The Bertz CT molecular complexity index is 654. The van der Waals surface area contributed by atoms with Crippen LogP contribution < -0.4 is 5.73 Å². The first-order valence-corrected chi connectivity index (χ1v) is 6.96. The highest BCUT2D eigenvalue weighted by molar-refractivity contribution is 6.02. The molecule has 0 unspecified atom stereocenters. The van der Waals surface area contributed by atoms with E-state index in [-0.39, 0.29) is 5.84 Å². The van der Waals surface area contributed by atoms with Crippen molar-refractivity contribution < 1.29 is 0 Å². The third kappa shape index (κ3) is 2.60. The van der Waals surface area contributed by atoms with E-state index in [4.69, 9.17) is 11.1 Å². The van der Waals surface area contributed by atoms with Crippen molar-refractivity contribution >= 4 is 5.84 Å². The number of hydrogen-bond acceptors (Lipinski definition) is 1. The minimum atomic E-state index is 0.123. The lowest BCUT2D eigenvalue weighted by atomic mass is 9.86. The molecule has 0 radical (unpaired) electrons. The molecule has 0 heterocycles. The van der Waals surface area contributed by atoms with Gasteiger partial charge < -0.3 is 5.73 Å². The highest BCUT2D eigenvalue weighted by atomic mass is 14.7. The lowest BCUT2D eigenvalue weighted by Gasteiger charge is -2.18. The molecule has 0 atom stereocenters. The van der Waals surface area contributed by atoms with E-state index < -0.39 is 0 Å². The number of hydrogen-bond donors (Lipinski definition) is 2. The molecule has 2 aromatic carbocycles. The first kappa shape index (κ1) is 14.3. The molecule has 0 saturated carbocycles. The minimum absolute atomic E-state index is 0.123. The number of nitrogen functional groups attached to an aromatic ring is 1. The average molecular weight is 266 g/mol. The largest absolute Gasteiger partial charge is 0.384 e. The second kappa shape index (κ2) is 5.49. The van der Waals surface area contributed by atoms with E-state index in [0.29, 0.717) is 5.92 Å². The van der Waals surface area contributed by atoms with E-state index in [1.54, 1.807) is 0 Å². The zero-order chi connectivity index (χ0) is 14.9. The van der Waals surface area contributed by atoms with Crippen LogP contribution in [0.2, 0.25) is 0 Å². The van der Waals surface area contributed by atoms with Crippen LogP contribution in [0.25, 0.3) is 11.1 Å². The van der Waals surface area contributed by atoms with Crippen LogP contribution in [0.3, 0.4) is 0 Å². The summed E-state index contributed by atoms with van der Waals surface area (Å²) in [5.41, 5.74) is 12.6. The molecule has 0 saturated heterocycles. The SMILES string of the molecule is Cc1ccc(C(=N)N)c(-c2c(C)cccc2C(C)C)c1. The summed E-state index contributed by atoms with van der Waals surface area (Å²) in [6.45, 7) is 8.58. The summed E-state index contributed by atoms with van der Waals surface area (Å²) in [5.74, 6) is 0.558. The molecule has 104 valence electrons. The Morgan fingerprint density at radius 2 is 1.80 bits per heavy atom. The molecule has 2 aromatic rings. The highest BCUT2D eigenvalue weighted by Gasteiger charge is 2.15. The zero-order valence-corrected chi connectivity index (χ0v) is 12.6. The van der Waals surface area contributed by atoms with Gasteiger partial charge in [0, 0.05) is 5.56 Å². The first-order chi connectivity index (χ1) is 9.41. The van der Waals surface area contributed by atoms with Gasteiger partial charge in [-0.3, -0.25) is 5.41 Å². The molecule has 3 N–H and O–H groups in total. The molecule has 0 aliphatic carbocycles. The fourth-order valence-electron chi connectivity index (χ4n) is 2.64. The van der Waals surface area contributed by atoms with E-state index in [2.05, 4.69) is 52.0 Å². The summed E-state index contributed by atoms with van der Waals surface area (Å²) < 4.78 is 0. The minimum Gasteiger partial charge on any atom is -0.384 e. The van der Waals surface area contributed by atoms with E-state index in [0.717, 1.165) is 11.1 Å². The van der Waals surface area contributed by atoms with Gasteiger partial charge in [0.2, 0.25) is 0 Å². The first-order valence-electron chi connectivity index (χ1n) is 6.96.